The summed E-state index contributed by atoms with van der Waals surface area (Å²) < 4.78 is 6.83. The number of aromatic nitrogens is 4. The van der Waals surface area contributed by atoms with Crippen molar-refractivity contribution in [2.75, 3.05) is 0 Å². The second kappa shape index (κ2) is 5.73. The third kappa shape index (κ3) is 2.42. The molecule has 1 aliphatic carbocycles. The first kappa shape index (κ1) is 13.2. The van der Waals surface area contributed by atoms with Gasteiger partial charge in [0.05, 0.1) is 17.6 Å². The average molecular weight is 295 g/mol. The Morgan fingerprint density at radius 1 is 1.32 bits per heavy atom. The van der Waals surface area contributed by atoms with Crippen molar-refractivity contribution >= 4 is 0 Å². The highest BCUT2D eigenvalue weighted by molar-refractivity contribution is 5.32. The van der Waals surface area contributed by atoms with Crippen molar-refractivity contribution in [2.45, 2.75) is 31.8 Å². The van der Waals surface area contributed by atoms with Crippen molar-refractivity contribution in [3.63, 3.8) is 0 Å². The van der Waals surface area contributed by atoms with E-state index < -0.39 is 0 Å². The Labute approximate surface area is 128 Å². The lowest BCUT2D eigenvalue weighted by molar-refractivity contribution is 0.398. The molecule has 0 bridgehead atoms. The monoisotopic (exact) mass is 295 g/mol. The van der Waals surface area contributed by atoms with Crippen molar-refractivity contribution in [1.29, 1.82) is 0 Å². The summed E-state index contributed by atoms with van der Waals surface area (Å²) in [6, 6.07) is 8.08. The summed E-state index contributed by atoms with van der Waals surface area (Å²) in [4.78, 5) is 4.40. The van der Waals surface area contributed by atoms with Crippen molar-refractivity contribution in [3.05, 3.63) is 59.9 Å². The smallest absolute Gasteiger partial charge is 0.153 e. The molecule has 3 heterocycles. The first-order valence-corrected chi connectivity index (χ1v) is 7.52. The van der Waals surface area contributed by atoms with Crippen LogP contribution in [0.2, 0.25) is 0 Å². The van der Waals surface area contributed by atoms with Gasteiger partial charge in [0.15, 0.2) is 5.82 Å². The van der Waals surface area contributed by atoms with Crippen LogP contribution in [0.3, 0.4) is 0 Å². The quantitative estimate of drug-likeness (QED) is 0.800. The van der Waals surface area contributed by atoms with Gasteiger partial charge in [0.25, 0.3) is 0 Å². The molecule has 4 rings (SSSR count). The van der Waals surface area contributed by atoms with Crippen molar-refractivity contribution in [3.8, 4) is 5.82 Å². The Hall–Kier alpha value is -2.47. The zero-order valence-electron chi connectivity index (χ0n) is 12.1. The molecular weight excluding hydrogens is 278 g/mol. The molecule has 0 spiro atoms. The van der Waals surface area contributed by atoms with E-state index in [1.54, 1.807) is 12.5 Å². The fourth-order valence-corrected chi connectivity index (χ4v) is 3.00. The first-order chi connectivity index (χ1) is 10.9. The minimum absolute atomic E-state index is 0.304. The standard InChI is InChI=1S/C16H17N5O/c1-2-8-17-16(6-1)21-15-5-3-4-14(13(15)11-19-21)18-10-12-7-9-22-20-12/h1-2,6-9,11,14,18H,3-5,10H2. The minimum Gasteiger partial charge on any atom is -0.364 e. The van der Waals surface area contributed by atoms with E-state index in [4.69, 9.17) is 4.52 Å². The molecule has 3 aromatic heterocycles. The van der Waals surface area contributed by atoms with Gasteiger partial charge in [0.2, 0.25) is 0 Å². The summed E-state index contributed by atoms with van der Waals surface area (Å²) in [7, 11) is 0. The summed E-state index contributed by atoms with van der Waals surface area (Å²) >= 11 is 0. The lowest BCUT2D eigenvalue weighted by atomic mass is 9.93. The highest BCUT2D eigenvalue weighted by Gasteiger charge is 2.24. The Morgan fingerprint density at radius 2 is 2.32 bits per heavy atom. The molecule has 0 amide bonds. The van der Waals surface area contributed by atoms with E-state index in [-0.39, 0.29) is 0 Å². The van der Waals surface area contributed by atoms with Gasteiger partial charge in [-0.1, -0.05) is 11.2 Å². The predicted molar refractivity (Wildman–Crippen MR) is 80.4 cm³/mol. The molecule has 6 nitrogen and oxygen atoms in total. The molecule has 0 saturated carbocycles. The molecule has 6 heteroatoms. The van der Waals surface area contributed by atoms with Crippen LogP contribution in [0.15, 0.2) is 47.4 Å². The van der Waals surface area contributed by atoms with Gasteiger partial charge in [-0.2, -0.15) is 5.10 Å². The summed E-state index contributed by atoms with van der Waals surface area (Å²) in [6.07, 6.45) is 8.65. The summed E-state index contributed by atoms with van der Waals surface area (Å²) in [6.45, 7) is 0.704. The van der Waals surface area contributed by atoms with E-state index in [1.807, 2.05) is 35.1 Å². The van der Waals surface area contributed by atoms with E-state index in [0.717, 1.165) is 30.8 Å². The number of hydrogen-bond donors (Lipinski definition) is 1. The summed E-state index contributed by atoms with van der Waals surface area (Å²) in [5.41, 5.74) is 3.44. The molecular formula is C16H17N5O. The Bertz CT molecular complexity index is 735. The van der Waals surface area contributed by atoms with Crippen molar-refractivity contribution in [2.24, 2.45) is 0 Å². The number of nitrogens with zero attached hydrogens (tertiary/aromatic N) is 4. The van der Waals surface area contributed by atoms with Crippen LogP contribution in [-0.4, -0.2) is 19.9 Å². The lowest BCUT2D eigenvalue weighted by Gasteiger charge is -2.23. The van der Waals surface area contributed by atoms with Gasteiger partial charge in [-0.3, -0.25) is 0 Å². The van der Waals surface area contributed by atoms with Crippen LogP contribution in [0.4, 0.5) is 0 Å². The van der Waals surface area contributed by atoms with Crippen molar-refractivity contribution in [1.82, 2.24) is 25.2 Å². The molecule has 1 unspecified atom stereocenters. The first-order valence-electron chi connectivity index (χ1n) is 7.52. The van der Waals surface area contributed by atoms with Crippen LogP contribution in [-0.2, 0) is 13.0 Å². The number of pyridine rings is 1. The Morgan fingerprint density at radius 3 is 3.14 bits per heavy atom. The zero-order valence-corrected chi connectivity index (χ0v) is 12.1. The third-order valence-electron chi connectivity index (χ3n) is 4.07. The molecule has 1 aliphatic rings. The van der Waals surface area contributed by atoms with E-state index in [0.29, 0.717) is 12.6 Å². The number of rotatable bonds is 4. The fraction of sp³-hybridized carbons (Fsp3) is 0.312. The van der Waals surface area contributed by atoms with E-state index in [2.05, 4.69) is 20.6 Å². The highest BCUT2D eigenvalue weighted by atomic mass is 16.5. The van der Waals surface area contributed by atoms with Crippen LogP contribution in [0.25, 0.3) is 5.82 Å². The minimum atomic E-state index is 0.304. The van der Waals surface area contributed by atoms with Gasteiger partial charge in [-0.25, -0.2) is 9.67 Å². The predicted octanol–water partition coefficient (Wildman–Crippen LogP) is 2.42. The molecule has 0 aromatic carbocycles. The second-order valence-electron chi connectivity index (χ2n) is 5.46. The van der Waals surface area contributed by atoms with Crippen LogP contribution >= 0.6 is 0 Å². The molecule has 0 saturated heterocycles. The highest BCUT2D eigenvalue weighted by Crippen LogP contribution is 2.30. The van der Waals surface area contributed by atoms with Gasteiger partial charge < -0.3 is 9.84 Å². The van der Waals surface area contributed by atoms with E-state index in [1.165, 1.54) is 11.3 Å². The molecule has 0 fully saturated rings. The second-order valence-corrected chi connectivity index (χ2v) is 5.46. The summed E-state index contributed by atoms with van der Waals surface area (Å²) in [5, 5.41) is 12.0. The number of fused-ring (bicyclic) bond motifs is 1. The molecule has 3 aromatic rings. The summed E-state index contributed by atoms with van der Waals surface area (Å²) in [5.74, 6) is 0.876. The topological polar surface area (TPSA) is 68.8 Å². The maximum Gasteiger partial charge on any atom is 0.153 e. The van der Waals surface area contributed by atoms with Gasteiger partial charge in [-0.05, 0) is 31.4 Å². The van der Waals surface area contributed by atoms with Crippen molar-refractivity contribution < 1.29 is 4.52 Å². The maximum absolute atomic E-state index is 4.87. The molecule has 22 heavy (non-hydrogen) atoms. The van der Waals surface area contributed by atoms with Gasteiger partial charge in [0.1, 0.15) is 6.26 Å². The molecule has 0 radical (unpaired) electrons. The molecule has 1 N–H and O–H groups in total. The maximum atomic E-state index is 4.87. The third-order valence-corrected chi connectivity index (χ3v) is 4.07. The van der Waals surface area contributed by atoms with Gasteiger partial charge in [0, 0.05) is 30.4 Å². The number of hydrogen-bond acceptors (Lipinski definition) is 5. The lowest BCUT2D eigenvalue weighted by Crippen LogP contribution is -2.25. The van der Waals surface area contributed by atoms with Crippen LogP contribution in [0.5, 0.6) is 0 Å². The van der Waals surface area contributed by atoms with E-state index >= 15 is 0 Å². The molecule has 0 aliphatic heterocycles. The van der Waals surface area contributed by atoms with Crippen LogP contribution in [0, 0.1) is 0 Å². The zero-order chi connectivity index (χ0) is 14.8. The fourth-order valence-electron chi connectivity index (χ4n) is 3.00. The Kier molecular flexibility index (Phi) is 3.44. The SMILES string of the molecule is c1ccc(-n2ncc3c2CCCC3NCc2ccon2)nc1. The largest absolute Gasteiger partial charge is 0.364 e. The van der Waals surface area contributed by atoms with Gasteiger partial charge in [-0.15, -0.1) is 0 Å². The number of nitrogens with one attached hydrogen (secondary N) is 1. The van der Waals surface area contributed by atoms with Crippen LogP contribution in [0.1, 0.15) is 35.8 Å². The average Bonchev–Trinajstić information content (AvgIpc) is 3.23. The van der Waals surface area contributed by atoms with E-state index in [9.17, 15) is 0 Å². The van der Waals surface area contributed by atoms with Gasteiger partial charge >= 0.3 is 0 Å². The molecule has 1 atom stereocenters. The van der Waals surface area contributed by atoms with Crippen LogP contribution < -0.4 is 5.32 Å². The molecule has 112 valence electrons. The Balaban J connectivity index is 1.58. The normalized spacial score (nSPS) is 17.4.